The van der Waals surface area contributed by atoms with Crippen molar-refractivity contribution in [2.45, 2.75) is 20.4 Å². The molecule has 0 saturated carbocycles. The zero-order chi connectivity index (χ0) is 14.1. The molecule has 20 heavy (non-hydrogen) atoms. The Hall–Kier alpha value is -2.63. The molecule has 3 rings (SSSR count). The number of fused-ring (bicyclic) bond motifs is 1. The van der Waals surface area contributed by atoms with Gasteiger partial charge in [0.25, 0.3) is 11.3 Å². The van der Waals surface area contributed by atoms with E-state index in [9.17, 15) is 4.79 Å². The average Bonchev–Trinajstić information content (AvgIpc) is 2.87. The number of nitrogens with zero attached hydrogens (tertiary/aromatic N) is 3. The molecule has 1 aromatic carbocycles. The number of aromatic nitrogens is 4. The first kappa shape index (κ1) is 12.4. The predicted molar refractivity (Wildman–Crippen MR) is 76.9 cm³/mol. The number of aromatic amines is 1. The zero-order valence-electron chi connectivity index (χ0n) is 11.3. The van der Waals surface area contributed by atoms with Crippen LogP contribution in [0.25, 0.3) is 5.78 Å². The second-order valence-corrected chi connectivity index (χ2v) is 4.67. The lowest BCUT2D eigenvalue weighted by Crippen LogP contribution is -2.19. The van der Waals surface area contributed by atoms with Gasteiger partial charge < -0.3 is 5.32 Å². The standard InChI is InChI=1S/C14H15N5O/c1-9-10(2)16-14-17-13(18-19(14)12(9)20)15-8-11-6-4-3-5-7-11/h3-7H,8H2,1-2H3,(H2,15,16,17,18). The van der Waals surface area contributed by atoms with Crippen molar-refractivity contribution in [2.75, 3.05) is 5.32 Å². The van der Waals surface area contributed by atoms with Crippen LogP contribution in [0.5, 0.6) is 0 Å². The first-order valence-electron chi connectivity index (χ1n) is 6.39. The number of hydrogen-bond donors (Lipinski definition) is 2. The molecule has 2 N–H and O–H groups in total. The molecule has 6 nitrogen and oxygen atoms in total. The van der Waals surface area contributed by atoms with Crippen molar-refractivity contribution in [2.24, 2.45) is 0 Å². The van der Waals surface area contributed by atoms with E-state index in [1.165, 1.54) is 4.52 Å². The number of H-pyrrole nitrogens is 1. The maximum absolute atomic E-state index is 12.1. The van der Waals surface area contributed by atoms with Crippen LogP contribution < -0.4 is 10.9 Å². The molecule has 0 aliphatic rings. The maximum atomic E-state index is 12.1. The molecule has 0 atom stereocenters. The first-order valence-corrected chi connectivity index (χ1v) is 6.39. The molecular weight excluding hydrogens is 254 g/mol. The Morgan fingerprint density at radius 3 is 2.70 bits per heavy atom. The second kappa shape index (κ2) is 4.80. The van der Waals surface area contributed by atoms with Crippen LogP contribution in [0, 0.1) is 13.8 Å². The smallest absolute Gasteiger partial charge is 0.277 e. The Bertz CT molecular complexity index is 804. The van der Waals surface area contributed by atoms with Gasteiger partial charge in [-0.3, -0.25) is 9.89 Å². The Morgan fingerprint density at radius 1 is 1.20 bits per heavy atom. The second-order valence-electron chi connectivity index (χ2n) is 4.67. The lowest BCUT2D eigenvalue weighted by molar-refractivity contribution is 0.870. The summed E-state index contributed by atoms with van der Waals surface area (Å²) in [6.45, 7) is 4.20. The van der Waals surface area contributed by atoms with Crippen LogP contribution in [0.2, 0.25) is 0 Å². The van der Waals surface area contributed by atoms with Crippen molar-refractivity contribution in [1.29, 1.82) is 0 Å². The Kier molecular flexibility index (Phi) is 2.98. The fourth-order valence-electron chi connectivity index (χ4n) is 1.96. The summed E-state index contributed by atoms with van der Waals surface area (Å²) in [5.74, 6) is 0.914. The number of aryl methyl sites for hydroxylation is 1. The average molecular weight is 269 g/mol. The highest BCUT2D eigenvalue weighted by Crippen LogP contribution is 2.06. The topological polar surface area (TPSA) is 75.1 Å². The third-order valence-corrected chi connectivity index (χ3v) is 3.27. The normalized spacial score (nSPS) is 10.9. The Labute approximate surface area is 115 Å². The predicted octanol–water partition coefficient (Wildman–Crippen LogP) is 1.65. The number of hydrogen-bond acceptors (Lipinski definition) is 4. The van der Waals surface area contributed by atoms with Crippen LogP contribution in [-0.2, 0) is 6.54 Å². The van der Waals surface area contributed by atoms with Crippen LogP contribution in [-0.4, -0.2) is 19.6 Å². The van der Waals surface area contributed by atoms with Gasteiger partial charge in [-0.2, -0.15) is 9.50 Å². The van der Waals surface area contributed by atoms with Crippen LogP contribution in [0.1, 0.15) is 16.8 Å². The Morgan fingerprint density at radius 2 is 1.95 bits per heavy atom. The fourth-order valence-corrected chi connectivity index (χ4v) is 1.96. The van der Waals surface area contributed by atoms with E-state index in [-0.39, 0.29) is 5.56 Å². The minimum Gasteiger partial charge on any atom is -0.351 e. The molecule has 6 heteroatoms. The molecule has 0 saturated heterocycles. The summed E-state index contributed by atoms with van der Waals surface area (Å²) in [6.07, 6.45) is 0. The highest BCUT2D eigenvalue weighted by atomic mass is 16.1. The minimum absolute atomic E-state index is 0.118. The van der Waals surface area contributed by atoms with E-state index in [0.717, 1.165) is 5.56 Å². The van der Waals surface area contributed by atoms with E-state index >= 15 is 0 Å². The van der Waals surface area contributed by atoms with E-state index in [2.05, 4.69) is 20.4 Å². The fraction of sp³-hybridized carbons (Fsp3) is 0.214. The highest BCUT2D eigenvalue weighted by molar-refractivity contribution is 5.39. The van der Waals surface area contributed by atoms with Crippen LogP contribution in [0.3, 0.4) is 0 Å². The van der Waals surface area contributed by atoms with Gasteiger partial charge in [0.2, 0.25) is 5.95 Å². The zero-order valence-corrected chi connectivity index (χ0v) is 11.3. The molecule has 3 aromatic rings. The van der Waals surface area contributed by atoms with E-state index in [1.807, 2.05) is 37.3 Å². The molecule has 0 spiro atoms. The van der Waals surface area contributed by atoms with Crippen molar-refractivity contribution in [3.8, 4) is 0 Å². The van der Waals surface area contributed by atoms with Gasteiger partial charge in [0.05, 0.1) is 0 Å². The first-order chi connectivity index (χ1) is 9.65. The number of nitrogens with one attached hydrogen (secondary N) is 2. The van der Waals surface area contributed by atoms with Gasteiger partial charge in [-0.05, 0) is 19.4 Å². The Balaban J connectivity index is 1.90. The lowest BCUT2D eigenvalue weighted by Gasteiger charge is -2.01. The monoisotopic (exact) mass is 269 g/mol. The molecule has 0 aliphatic heterocycles. The van der Waals surface area contributed by atoms with Crippen molar-refractivity contribution in [1.82, 2.24) is 19.6 Å². The summed E-state index contributed by atoms with van der Waals surface area (Å²) in [5, 5.41) is 6.07. The molecule has 0 radical (unpaired) electrons. The summed E-state index contributed by atoms with van der Waals surface area (Å²) in [7, 11) is 0. The molecule has 0 fully saturated rings. The van der Waals surface area contributed by atoms with E-state index in [1.54, 1.807) is 6.92 Å². The quantitative estimate of drug-likeness (QED) is 0.758. The van der Waals surface area contributed by atoms with Crippen molar-refractivity contribution in [3.05, 3.63) is 57.5 Å². The lowest BCUT2D eigenvalue weighted by atomic mass is 10.2. The molecule has 0 aliphatic carbocycles. The van der Waals surface area contributed by atoms with Gasteiger partial charge in [-0.1, -0.05) is 30.3 Å². The largest absolute Gasteiger partial charge is 0.351 e. The SMILES string of the molecule is Cc1nc2nc(NCc3ccccc3)[nH]n2c(=O)c1C. The third-order valence-electron chi connectivity index (χ3n) is 3.27. The molecule has 0 unspecified atom stereocenters. The van der Waals surface area contributed by atoms with Crippen LogP contribution >= 0.6 is 0 Å². The summed E-state index contributed by atoms with van der Waals surface area (Å²) < 4.78 is 1.36. The number of rotatable bonds is 3. The summed E-state index contributed by atoms with van der Waals surface area (Å²) in [5.41, 5.74) is 2.35. The van der Waals surface area contributed by atoms with E-state index in [4.69, 9.17) is 0 Å². The molecule has 2 heterocycles. The maximum Gasteiger partial charge on any atom is 0.277 e. The van der Waals surface area contributed by atoms with Gasteiger partial charge in [0, 0.05) is 17.8 Å². The third kappa shape index (κ3) is 2.16. The van der Waals surface area contributed by atoms with Crippen LogP contribution in [0.15, 0.2) is 35.1 Å². The minimum atomic E-state index is -0.118. The van der Waals surface area contributed by atoms with E-state index in [0.29, 0.717) is 29.5 Å². The summed E-state index contributed by atoms with van der Waals surface area (Å²) in [4.78, 5) is 20.6. The van der Waals surface area contributed by atoms with Gasteiger partial charge in [0.1, 0.15) is 0 Å². The highest BCUT2D eigenvalue weighted by Gasteiger charge is 2.09. The molecule has 102 valence electrons. The van der Waals surface area contributed by atoms with Gasteiger partial charge in [-0.15, -0.1) is 0 Å². The number of benzene rings is 1. The van der Waals surface area contributed by atoms with Gasteiger partial charge in [-0.25, -0.2) is 4.98 Å². The van der Waals surface area contributed by atoms with Crippen molar-refractivity contribution < 1.29 is 0 Å². The molecule has 0 amide bonds. The number of anilines is 1. The van der Waals surface area contributed by atoms with Gasteiger partial charge in [0.15, 0.2) is 0 Å². The summed E-state index contributed by atoms with van der Waals surface area (Å²) >= 11 is 0. The van der Waals surface area contributed by atoms with E-state index < -0.39 is 0 Å². The van der Waals surface area contributed by atoms with Crippen LogP contribution in [0.4, 0.5) is 5.95 Å². The molecular formula is C14H15N5O. The van der Waals surface area contributed by atoms with Crippen molar-refractivity contribution >= 4 is 11.7 Å². The van der Waals surface area contributed by atoms with Gasteiger partial charge >= 0.3 is 0 Å². The summed E-state index contributed by atoms with van der Waals surface area (Å²) in [6, 6.07) is 9.98. The molecule has 0 bridgehead atoms. The molecule has 2 aromatic heterocycles. The van der Waals surface area contributed by atoms with Crippen molar-refractivity contribution in [3.63, 3.8) is 0 Å².